The summed E-state index contributed by atoms with van der Waals surface area (Å²) in [5.41, 5.74) is 6.01. The molecule has 0 aromatic heterocycles. The molecule has 0 unspecified atom stereocenters. The van der Waals surface area contributed by atoms with E-state index in [9.17, 15) is 8.78 Å². The van der Waals surface area contributed by atoms with Crippen LogP contribution in [0, 0.1) is 11.6 Å². The quantitative estimate of drug-likeness (QED) is 0.850. The van der Waals surface area contributed by atoms with Gasteiger partial charge >= 0.3 is 0 Å². The Morgan fingerprint density at radius 2 is 1.84 bits per heavy atom. The van der Waals surface area contributed by atoms with E-state index >= 15 is 0 Å². The van der Waals surface area contributed by atoms with Crippen molar-refractivity contribution in [2.24, 2.45) is 5.73 Å². The first-order valence-corrected chi connectivity index (χ1v) is 6.40. The number of hydrogen-bond acceptors (Lipinski definition) is 2. The summed E-state index contributed by atoms with van der Waals surface area (Å²) >= 11 is 8.16. The van der Waals surface area contributed by atoms with Gasteiger partial charge < -0.3 is 10.5 Å². The summed E-state index contributed by atoms with van der Waals surface area (Å²) in [4.78, 5) is 0.105. The third-order valence-corrected chi connectivity index (χ3v) is 3.03. The van der Waals surface area contributed by atoms with Gasteiger partial charge in [-0.25, -0.2) is 8.78 Å². The maximum Gasteiger partial charge on any atom is 0.166 e. The predicted molar refractivity (Wildman–Crippen MR) is 76.5 cm³/mol. The van der Waals surface area contributed by atoms with Gasteiger partial charge in [-0.2, -0.15) is 0 Å². The van der Waals surface area contributed by atoms with Crippen molar-refractivity contribution in [3.63, 3.8) is 0 Å². The van der Waals surface area contributed by atoms with Gasteiger partial charge in [0, 0.05) is 10.5 Å². The largest absolute Gasteiger partial charge is 0.453 e. The SMILES string of the molecule is NC(=S)c1cc(Br)ccc1Oc1cc(F)ccc1F. The van der Waals surface area contributed by atoms with Gasteiger partial charge in [0.2, 0.25) is 0 Å². The van der Waals surface area contributed by atoms with Crippen LogP contribution in [0.1, 0.15) is 5.56 Å². The number of rotatable bonds is 3. The highest BCUT2D eigenvalue weighted by Crippen LogP contribution is 2.30. The Bertz CT molecular complexity index is 649. The second kappa shape index (κ2) is 5.63. The summed E-state index contributed by atoms with van der Waals surface area (Å²) < 4.78 is 32.7. The minimum Gasteiger partial charge on any atom is -0.453 e. The van der Waals surface area contributed by atoms with Crippen LogP contribution in [0.4, 0.5) is 8.78 Å². The minimum atomic E-state index is -0.668. The highest BCUT2D eigenvalue weighted by atomic mass is 79.9. The third kappa shape index (κ3) is 3.27. The van der Waals surface area contributed by atoms with E-state index in [0.717, 1.165) is 22.7 Å². The van der Waals surface area contributed by atoms with Crippen LogP contribution in [0.15, 0.2) is 40.9 Å². The molecule has 0 saturated heterocycles. The number of halogens is 3. The number of ether oxygens (including phenoxy) is 1. The molecule has 0 radical (unpaired) electrons. The van der Waals surface area contributed by atoms with Crippen LogP contribution in [-0.2, 0) is 0 Å². The Kier molecular flexibility index (Phi) is 4.11. The second-order valence-corrected chi connectivity index (χ2v) is 5.04. The third-order valence-electron chi connectivity index (χ3n) is 2.32. The van der Waals surface area contributed by atoms with Crippen LogP contribution in [0.2, 0.25) is 0 Å². The Balaban J connectivity index is 2.43. The molecule has 19 heavy (non-hydrogen) atoms. The number of nitrogens with two attached hydrogens (primary N) is 1. The van der Waals surface area contributed by atoms with Gasteiger partial charge in [-0.05, 0) is 30.3 Å². The van der Waals surface area contributed by atoms with Gasteiger partial charge in [-0.3, -0.25) is 0 Å². The number of benzene rings is 2. The standard InChI is InChI=1S/C13H8BrF2NOS/c14-7-1-4-11(9(5-7)13(17)19)18-12-6-8(15)2-3-10(12)16/h1-6H,(H2,17,19). The van der Waals surface area contributed by atoms with Crippen LogP contribution >= 0.6 is 28.1 Å². The number of thiocarbonyl (C=S) groups is 1. The lowest BCUT2D eigenvalue weighted by Crippen LogP contribution is -2.11. The van der Waals surface area contributed by atoms with E-state index in [0.29, 0.717) is 5.56 Å². The van der Waals surface area contributed by atoms with Gasteiger partial charge in [0.05, 0.1) is 5.56 Å². The van der Waals surface area contributed by atoms with Crippen molar-refractivity contribution in [2.45, 2.75) is 0 Å². The molecule has 0 fully saturated rings. The molecule has 0 amide bonds. The molecule has 0 bridgehead atoms. The van der Waals surface area contributed by atoms with Crippen LogP contribution in [0.5, 0.6) is 11.5 Å². The van der Waals surface area contributed by atoms with E-state index in [1.54, 1.807) is 18.2 Å². The minimum absolute atomic E-state index is 0.105. The Morgan fingerprint density at radius 3 is 2.53 bits per heavy atom. The van der Waals surface area contributed by atoms with Crippen LogP contribution in [0.25, 0.3) is 0 Å². The number of hydrogen-bond donors (Lipinski definition) is 1. The van der Waals surface area contributed by atoms with E-state index in [1.807, 2.05) is 0 Å². The molecule has 2 nitrogen and oxygen atoms in total. The molecule has 0 spiro atoms. The van der Waals surface area contributed by atoms with E-state index in [1.165, 1.54) is 0 Å². The average molecular weight is 344 g/mol. The molecule has 0 aliphatic heterocycles. The molecule has 2 aromatic rings. The first kappa shape index (κ1) is 13.9. The summed E-state index contributed by atoms with van der Waals surface area (Å²) in [7, 11) is 0. The van der Waals surface area contributed by atoms with Gasteiger partial charge in [-0.1, -0.05) is 28.1 Å². The van der Waals surface area contributed by atoms with Crippen molar-refractivity contribution >= 4 is 33.1 Å². The van der Waals surface area contributed by atoms with Crippen molar-refractivity contribution in [3.05, 3.63) is 58.1 Å². The van der Waals surface area contributed by atoms with Gasteiger partial charge in [-0.15, -0.1) is 0 Å². The fraction of sp³-hybridized carbons (Fsp3) is 0. The maximum absolute atomic E-state index is 13.5. The lowest BCUT2D eigenvalue weighted by molar-refractivity contribution is 0.436. The van der Waals surface area contributed by atoms with Crippen molar-refractivity contribution < 1.29 is 13.5 Å². The van der Waals surface area contributed by atoms with Crippen molar-refractivity contribution in [2.75, 3.05) is 0 Å². The molecule has 2 rings (SSSR count). The first-order chi connectivity index (χ1) is 8.97. The summed E-state index contributed by atoms with van der Waals surface area (Å²) in [5, 5.41) is 0. The zero-order valence-corrected chi connectivity index (χ0v) is 11.9. The molecule has 0 aliphatic rings. The molecule has 0 atom stereocenters. The van der Waals surface area contributed by atoms with E-state index in [-0.39, 0.29) is 16.5 Å². The molecule has 0 saturated carbocycles. The Morgan fingerprint density at radius 1 is 1.11 bits per heavy atom. The molecule has 98 valence electrons. The smallest absolute Gasteiger partial charge is 0.166 e. The molecule has 0 aliphatic carbocycles. The van der Waals surface area contributed by atoms with Crippen molar-refractivity contribution in [1.29, 1.82) is 0 Å². The van der Waals surface area contributed by atoms with Crippen LogP contribution in [0.3, 0.4) is 0 Å². The summed E-state index contributed by atoms with van der Waals surface area (Å²) in [5.74, 6) is -1.22. The second-order valence-electron chi connectivity index (χ2n) is 3.68. The average Bonchev–Trinajstić information content (AvgIpc) is 2.35. The van der Waals surface area contributed by atoms with E-state index in [4.69, 9.17) is 22.7 Å². The monoisotopic (exact) mass is 343 g/mol. The molecule has 2 N–H and O–H groups in total. The van der Waals surface area contributed by atoms with Gasteiger partial charge in [0.1, 0.15) is 16.6 Å². The lowest BCUT2D eigenvalue weighted by Gasteiger charge is -2.11. The lowest BCUT2D eigenvalue weighted by atomic mass is 10.2. The summed E-state index contributed by atoms with van der Waals surface area (Å²) in [6.45, 7) is 0. The first-order valence-electron chi connectivity index (χ1n) is 5.19. The topological polar surface area (TPSA) is 35.2 Å². The maximum atomic E-state index is 13.5. The Labute approximate surface area is 122 Å². The zero-order chi connectivity index (χ0) is 14.0. The van der Waals surface area contributed by atoms with Crippen LogP contribution < -0.4 is 10.5 Å². The van der Waals surface area contributed by atoms with Crippen molar-refractivity contribution in [3.8, 4) is 11.5 Å². The summed E-state index contributed by atoms with van der Waals surface area (Å²) in [6, 6.07) is 7.87. The molecular weight excluding hydrogens is 336 g/mol. The van der Waals surface area contributed by atoms with Crippen molar-refractivity contribution in [1.82, 2.24) is 0 Å². The zero-order valence-electron chi connectivity index (χ0n) is 9.49. The molecule has 2 aromatic carbocycles. The van der Waals surface area contributed by atoms with Gasteiger partial charge in [0.25, 0.3) is 0 Å². The van der Waals surface area contributed by atoms with Crippen LogP contribution in [-0.4, -0.2) is 4.99 Å². The fourth-order valence-electron chi connectivity index (χ4n) is 1.46. The molecule has 0 heterocycles. The highest BCUT2D eigenvalue weighted by molar-refractivity contribution is 9.10. The Hall–Kier alpha value is -1.53. The van der Waals surface area contributed by atoms with E-state index in [2.05, 4.69) is 15.9 Å². The summed E-state index contributed by atoms with van der Waals surface area (Å²) in [6.07, 6.45) is 0. The highest BCUT2D eigenvalue weighted by Gasteiger charge is 2.11. The normalized spacial score (nSPS) is 10.3. The van der Waals surface area contributed by atoms with E-state index < -0.39 is 11.6 Å². The molecular formula is C13H8BrF2NOS. The predicted octanol–water partition coefficient (Wildman–Crippen LogP) is 4.15. The fourth-order valence-corrected chi connectivity index (χ4v) is 1.98. The van der Waals surface area contributed by atoms with Gasteiger partial charge in [0.15, 0.2) is 11.6 Å². The molecule has 6 heteroatoms.